The van der Waals surface area contributed by atoms with E-state index in [1.54, 1.807) is 47.8 Å². The van der Waals surface area contributed by atoms with Crippen LogP contribution in [0.1, 0.15) is 17.2 Å². The Labute approximate surface area is 173 Å². The van der Waals surface area contributed by atoms with E-state index < -0.39 is 22.0 Å². The Morgan fingerprint density at radius 1 is 1.00 bits per heavy atom. The van der Waals surface area contributed by atoms with Crippen molar-refractivity contribution in [3.63, 3.8) is 0 Å². The van der Waals surface area contributed by atoms with Gasteiger partial charge in [-0.2, -0.15) is 4.72 Å². The molecule has 1 heterocycles. The number of thiophene rings is 1. The van der Waals surface area contributed by atoms with Crippen LogP contribution in [0.5, 0.6) is 0 Å². The summed E-state index contributed by atoms with van der Waals surface area (Å²) in [6, 6.07) is 18.3. The minimum absolute atomic E-state index is 0.169. The molecule has 0 aliphatic heterocycles. The van der Waals surface area contributed by atoms with Gasteiger partial charge in [0.05, 0.1) is 0 Å². The van der Waals surface area contributed by atoms with E-state index in [2.05, 4.69) is 10.0 Å². The Hall–Kier alpha value is -2.19. The molecule has 0 spiro atoms. The summed E-state index contributed by atoms with van der Waals surface area (Å²) in [5, 5.41) is 5.15. The van der Waals surface area contributed by atoms with E-state index in [1.165, 1.54) is 6.07 Å². The normalized spacial score (nSPS) is 12.5. The summed E-state index contributed by atoms with van der Waals surface area (Å²) in [5.41, 5.74) is 1.60. The molecule has 3 rings (SSSR count). The number of nitrogens with one attached hydrogen (secondary N) is 2. The van der Waals surface area contributed by atoms with E-state index in [1.807, 2.05) is 18.2 Å². The number of amides is 1. The van der Waals surface area contributed by atoms with Crippen LogP contribution < -0.4 is 10.0 Å². The molecule has 0 saturated heterocycles. The lowest BCUT2D eigenvalue weighted by Crippen LogP contribution is -2.40. The van der Waals surface area contributed by atoms with Crippen LogP contribution in [0.3, 0.4) is 0 Å². The zero-order valence-corrected chi connectivity index (χ0v) is 17.2. The van der Waals surface area contributed by atoms with Crippen molar-refractivity contribution in [2.24, 2.45) is 0 Å². The molecule has 0 aliphatic rings. The van der Waals surface area contributed by atoms with Crippen molar-refractivity contribution in [1.29, 1.82) is 0 Å². The van der Waals surface area contributed by atoms with E-state index in [4.69, 9.17) is 11.6 Å². The Bertz CT molecular complexity index is 1010. The van der Waals surface area contributed by atoms with Crippen LogP contribution >= 0.6 is 22.9 Å². The maximum absolute atomic E-state index is 12.8. The second-order valence-electron chi connectivity index (χ2n) is 6.06. The summed E-state index contributed by atoms with van der Waals surface area (Å²) in [5.74, 6) is -0.403. The van der Waals surface area contributed by atoms with Crippen LogP contribution in [-0.4, -0.2) is 20.9 Å². The number of rotatable bonds is 8. The third-order valence-electron chi connectivity index (χ3n) is 4.05. The molecule has 8 heteroatoms. The lowest BCUT2D eigenvalue weighted by molar-refractivity contribution is -0.122. The van der Waals surface area contributed by atoms with Gasteiger partial charge in [-0.25, -0.2) is 8.42 Å². The van der Waals surface area contributed by atoms with Gasteiger partial charge in [-0.05, 0) is 41.1 Å². The van der Waals surface area contributed by atoms with Crippen molar-refractivity contribution in [3.05, 3.63) is 88.3 Å². The third kappa shape index (κ3) is 5.42. The van der Waals surface area contributed by atoms with E-state index in [-0.39, 0.29) is 4.21 Å². The summed E-state index contributed by atoms with van der Waals surface area (Å²) in [7, 11) is -3.80. The summed E-state index contributed by atoms with van der Waals surface area (Å²) in [6.07, 6.45) is 0.613. The number of hydrogen-bond donors (Lipinski definition) is 2. The molecule has 0 saturated carbocycles. The average Bonchev–Trinajstić information content (AvgIpc) is 3.24. The largest absolute Gasteiger partial charge is 0.354 e. The van der Waals surface area contributed by atoms with Crippen molar-refractivity contribution in [2.75, 3.05) is 6.54 Å². The van der Waals surface area contributed by atoms with Gasteiger partial charge in [0.1, 0.15) is 10.3 Å². The number of sulfonamides is 1. The predicted octanol–water partition coefficient (Wildman–Crippen LogP) is 3.78. The van der Waals surface area contributed by atoms with Crippen LogP contribution in [0.25, 0.3) is 0 Å². The van der Waals surface area contributed by atoms with Gasteiger partial charge in [0, 0.05) is 11.6 Å². The number of benzene rings is 2. The molecule has 2 N–H and O–H groups in total. The molecule has 1 atom stereocenters. The molecule has 1 amide bonds. The zero-order valence-electron chi connectivity index (χ0n) is 14.8. The second kappa shape index (κ2) is 9.34. The highest BCUT2D eigenvalue weighted by atomic mass is 35.5. The first-order chi connectivity index (χ1) is 13.5. The highest BCUT2D eigenvalue weighted by Gasteiger charge is 2.27. The Morgan fingerprint density at radius 3 is 2.36 bits per heavy atom. The molecular weight excluding hydrogens is 416 g/mol. The minimum Gasteiger partial charge on any atom is -0.354 e. The van der Waals surface area contributed by atoms with Gasteiger partial charge in [-0.15, -0.1) is 11.3 Å². The predicted molar refractivity (Wildman–Crippen MR) is 112 cm³/mol. The number of carbonyl (C=O) groups is 1. The van der Waals surface area contributed by atoms with Crippen molar-refractivity contribution < 1.29 is 13.2 Å². The summed E-state index contributed by atoms with van der Waals surface area (Å²) in [4.78, 5) is 12.8. The molecule has 1 aromatic heterocycles. The smallest absolute Gasteiger partial charge is 0.251 e. The van der Waals surface area contributed by atoms with Gasteiger partial charge in [0.15, 0.2) is 0 Å². The molecule has 0 radical (unpaired) electrons. The van der Waals surface area contributed by atoms with Crippen molar-refractivity contribution >= 4 is 38.9 Å². The van der Waals surface area contributed by atoms with Gasteiger partial charge in [0.25, 0.3) is 10.0 Å². The van der Waals surface area contributed by atoms with Gasteiger partial charge in [0.2, 0.25) is 5.91 Å². The standard InChI is InChI=1S/C20H19ClN2O3S2/c21-17-10-8-15(9-11-17)12-13-22-20(24)19(16-5-2-1-3-6-16)23-28(25,26)18-7-4-14-27-18/h1-11,14,19,23H,12-13H2,(H,22,24)/t19-/m0/s1. The molecule has 0 aliphatic carbocycles. The molecule has 0 unspecified atom stereocenters. The second-order valence-corrected chi connectivity index (χ2v) is 9.39. The van der Waals surface area contributed by atoms with Crippen molar-refractivity contribution in [2.45, 2.75) is 16.7 Å². The van der Waals surface area contributed by atoms with Crippen molar-refractivity contribution in [1.82, 2.24) is 10.0 Å². The monoisotopic (exact) mass is 434 g/mol. The van der Waals surface area contributed by atoms with Gasteiger partial charge < -0.3 is 5.32 Å². The van der Waals surface area contributed by atoms with Crippen molar-refractivity contribution in [3.8, 4) is 0 Å². The lowest BCUT2D eigenvalue weighted by atomic mass is 10.1. The fraction of sp³-hybridized carbons (Fsp3) is 0.150. The molecule has 5 nitrogen and oxygen atoms in total. The average molecular weight is 435 g/mol. The molecule has 2 aromatic carbocycles. The number of carbonyl (C=O) groups excluding carboxylic acids is 1. The molecule has 0 fully saturated rings. The quantitative estimate of drug-likeness (QED) is 0.566. The molecule has 146 valence electrons. The van der Waals surface area contributed by atoms with E-state index in [0.29, 0.717) is 23.6 Å². The Balaban J connectivity index is 1.71. The summed E-state index contributed by atoms with van der Waals surface area (Å²) in [6.45, 7) is 0.379. The minimum atomic E-state index is -3.80. The van der Waals surface area contributed by atoms with Gasteiger partial charge >= 0.3 is 0 Å². The number of hydrogen-bond acceptors (Lipinski definition) is 4. The first-order valence-electron chi connectivity index (χ1n) is 8.59. The summed E-state index contributed by atoms with van der Waals surface area (Å²) >= 11 is 6.98. The third-order valence-corrected chi connectivity index (χ3v) is 7.13. The zero-order chi connectivity index (χ0) is 20.0. The molecular formula is C20H19ClN2O3S2. The SMILES string of the molecule is O=C(NCCc1ccc(Cl)cc1)[C@@H](NS(=O)(=O)c1cccs1)c1ccccc1. The first-order valence-corrected chi connectivity index (χ1v) is 11.3. The molecule has 28 heavy (non-hydrogen) atoms. The lowest BCUT2D eigenvalue weighted by Gasteiger charge is -2.18. The van der Waals surface area contributed by atoms with Crippen LogP contribution in [0.15, 0.2) is 76.3 Å². The molecule has 3 aromatic rings. The van der Waals surface area contributed by atoms with Crippen LogP contribution in [0.2, 0.25) is 5.02 Å². The van der Waals surface area contributed by atoms with E-state index >= 15 is 0 Å². The van der Waals surface area contributed by atoms with E-state index in [0.717, 1.165) is 16.9 Å². The summed E-state index contributed by atoms with van der Waals surface area (Å²) < 4.78 is 27.9. The first kappa shape index (κ1) is 20.5. The van der Waals surface area contributed by atoms with Crippen LogP contribution in [-0.2, 0) is 21.2 Å². The van der Waals surface area contributed by atoms with Gasteiger partial charge in [-0.3, -0.25) is 4.79 Å². The topological polar surface area (TPSA) is 75.3 Å². The Morgan fingerprint density at radius 2 is 1.71 bits per heavy atom. The van der Waals surface area contributed by atoms with Crippen LogP contribution in [0.4, 0.5) is 0 Å². The Kier molecular flexibility index (Phi) is 6.85. The number of halogens is 1. The fourth-order valence-corrected chi connectivity index (χ4v) is 4.95. The maximum Gasteiger partial charge on any atom is 0.251 e. The highest BCUT2D eigenvalue weighted by molar-refractivity contribution is 7.91. The van der Waals surface area contributed by atoms with Gasteiger partial charge in [-0.1, -0.05) is 60.1 Å². The molecule has 0 bridgehead atoms. The van der Waals surface area contributed by atoms with Crippen LogP contribution in [0, 0.1) is 0 Å². The maximum atomic E-state index is 12.8. The highest BCUT2D eigenvalue weighted by Crippen LogP contribution is 2.21. The fourth-order valence-electron chi connectivity index (χ4n) is 2.63. The van der Waals surface area contributed by atoms with E-state index in [9.17, 15) is 13.2 Å².